The number of rotatable bonds is 2. The van der Waals surface area contributed by atoms with E-state index in [1.54, 1.807) is 4.68 Å². The highest BCUT2D eigenvalue weighted by atomic mass is 16.2. The second kappa shape index (κ2) is 4.76. The number of fused-ring (bicyclic) bond motifs is 1. The molecule has 0 fully saturated rings. The number of aryl methyl sites for hydroxylation is 1. The summed E-state index contributed by atoms with van der Waals surface area (Å²) in [6, 6.07) is 9.22. The van der Waals surface area contributed by atoms with E-state index in [0.29, 0.717) is 5.82 Å². The van der Waals surface area contributed by atoms with Crippen molar-refractivity contribution in [1.29, 1.82) is 0 Å². The van der Waals surface area contributed by atoms with Crippen LogP contribution in [-0.2, 0) is 12.8 Å². The Morgan fingerprint density at radius 2 is 1.95 bits per heavy atom. The minimum absolute atomic E-state index is 0.551. The normalized spacial score (nSPS) is 13.9. The monoisotopic (exact) mass is 256 g/mol. The highest BCUT2D eigenvalue weighted by Gasteiger charge is 2.22. The molecule has 0 spiro atoms. The zero-order chi connectivity index (χ0) is 13.2. The van der Waals surface area contributed by atoms with E-state index < -0.39 is 6.03 Å². The number of nitrogens with zero attached hydrogens (tertiary/aromatic N) is 2. The van der Waals surface area contributed by atoms with Gasteiger partial charge >= 0.3 is 6.03 Å². The lowest BCUT2D eigenvalue weighted by molar-refractivity contribution is 0.259. The van der Waals surface area contributed by atoms with Crippen molar-refractivity contribution in [2.75, 3.05) is 5.32 Å². The highest BCUT2D eigenvalue weighted by Crippen LogP contribution is 2.29. The van der Waals surface area contributed by atoms with Gasteiger partial charge in [0.15, 0.2) is 0 Å². The molecule has 0 saturated carbocycles. The Balaban J connectivity index is 2.12. The van der Waals surface area contributed by atoms with Gasteiger partial charge in [-0.2, -0.15) is 5.10 Å². The van der Waals surface area contributed by atoms with E-state index in [4.69, 9.17) is 5.73 Å². The second-order valence-corrected chi connectivity index (χ2v) is 4.72. The summed E-state index contributed by atoms with van der Waals surface area (Å²) in [6.45, 7) is 0. The molecule has 5 heteroatoms. The van der Waals surface area contributed by atoms with Crippen LogP contribution in [0.25, 0.3) is 5.69 Å². The SMILES string of the molecule is NC(=O)Nc1c2c(nn1-c1ccccc1)CCCC2. The van der Waals surface area contributed by atoms with Crippen LogP contribution in [0, 0.1) is 0 Å². The summed E-state index contributed by atoms with van der Waals surface area (Å²) in [7, 11) is 0. The number of nitrogens with one attached hydrogen (secondary N) is 1. The molecule has 2 aromatic rings. The Kier molecular flexibility index (Phi) is 2.95. The van der Waals surface area contributed by atoms with Gasteiger partial charge in [0.1, 0.15) is 5.82 Å². The second-order valence-electron chi connectivity index (χ2n) is 4.72. The number of amides is 2. The van der Waals surface area contributed by atoms with E-state index in [0.717, 1.165) is 42.6 Å². The number of carbonyl (C=O) groups is 1. The third-order valence-corrected chi connectivity index (χ3v) is 3.40. The molecule has 0 radical (unpaired) electrons. The summed E-state index contributed by atoms with van der Waals surface area (Å²) in [5.74, 6) is 0.716. The standard InChI is InChI=1S/C14H16N4O/c15-14(19)16-13-11-8-4-5-9-12(11)17-18(13)10-6-2-1-3-7-10/h1-3,6-7H,4-5,8-9H2,(H3,15,16,19). The number of carbonyl (C=O) groups excluding carboxylic acids is 1. The molecule has 3 N–H and O–H groups in total. The Labute approximate surface area is 111 Å². The van der Waals surface area contributed by atoms with Gasteiger partial charge in [-0.1, -0.05) is 18.2 Å². The number of primary amides is 1. The number of hydrogen-bond donors (Lipinski definition) is 2. The van der Waals surface area contributed by atoms with E-state index in [1.807, 2.05) is 30.3 Å². The van der Waals surface area contributed by atoms with Crippen LogP contribution < -0.4 is 11.1 Å². The number of para-hydroxylation sites is 1. The Morgan fingerprint density at radius 1 is 1.21 bits per heavy atom. The fourth-order valence-electron chi connectivity index (χ4n) is 2.55. The predicted octanol–water partition coefficient (Wildman–Crippen LogP) is 2.24. The lowest BCUT2D eigenvalue weighted by Crippen LogP contribution is -2.22. The van der Waals surface area contributed by atoms with Crippen molar-refractivity contribution < 1.29 is 4.79 Å². The van der Waals surface area contributed by atoms with Crippen molar-refractivity contribution in [3.63, 3.8) is 0 Å². The molecule has 2 amide bonds. The summed E-state index contributed by atoms with van der Waals surface area (Å²) in [4.78, 5) is 11.2. The zero-order valence-electron chi connectivity index (χ0n) is 10.6. The Morgan fingerprint density at radius 3 is 2.68 bits per heavy atom. The number of benzene rings is 1. The van der Waals surface area contributed by atoms with E-state index in [2.05, 4.69) is 10.4 Å². The van der Waals surface area contributed by atoms with Crippen LogP contribution in [0.2, 0.25) is 0 Å². The fourth-order valence-corrected chi connectivity index (χ4v) is 2.55. The predicted molar refractivity (Wildman–Crippen MR) is 73.4 cm³/mol. The largest absolute Gasteiger partial charge is 0.351 e. The first kappa shape index (κ1) is 11.8. The fraction of sp³-hybridized carbons (Fsp3) is 0.286. The van der Waals surface area contributed by atoms with Crippen LogP contribution in [0.3, 0.4) is 0 Å². The van der Waals surface area contributed by atoms with Crippen LogP contribution in [0.1, 0.15) is 24.1 Å². The number of anilines is 1. The van der Waals surface area contributed by atoms with E-state index >= 15 is 0 Å². The minimum Gasteiger partial charge on any atom is -0.351 e. The molecule has 19 heavy (non-hydrogen) atoms. The third-order valence-electron chi connectivity index (χ3n) is 3.40. The molecule has 1 aliphatic carbocycles. The van der Waals surface area contributed by atoms with Crippen molar-refractivity contribution in [2.45, 2.75) is 25.7 Å². The summed E-state index contributed by atoms with van der Waals surface area (Å²) < 4.78 is 1.78. The smallest absolute Gasteiger partial charge is 0.317 e. The first-order valence-electron chi connectivity index (χ1n) is 6.48. The minimum atomic E-state index is -0.551. The molecule has 1 aromatic heterocycles. The topological polar surface area (TPSA) is 72.9 Å². The first-order chi connectivity index (χ1) is 9.25. The average molecular weight is 256 g/mol. The molecule has 3 rings (SSSR count). The van der Waals surface area contributed by atoms with Crippen molar-refractivity contribution in [3.05, 3.63) is 41.6 Å². The Bertz CT molecular complexity index is 603. The van der Waals surface area contributed by atoms with Gasteiger partial charge in [-0.25, -0.2) is 9.48 Å². The first-order valence-corrected chi connectivity index (χ1v) is 6.48. The number of aromatic nitrogens is 2. The number of urea groups is 1. The molecular formula is C14H16N4O. The maximum Gasteiger partial charge on any atom is 0.317 e. The van der Waals surface area contributed by atoms with E-state index in [9.17, 15) is 4.79 Å². The molecule has 5 nitrogen and oxygen atoms in total. The molecule has 1 aliphatic rings. The van der Waals surface area contributed by atoms with Gasteiger partial charge in [0, 0.05) is 5.56 Å². The zero-order valence-corrected chi connectivity index (χ0v) is 10.6. The van der Waals surface area contributed by atoms with Gasteiger partial charge in [0.2, 0.25) is 0 Å². The lowest BCUT2D eigenvalue weighted by Gasteiger charge is -2.11. The van der Waals surface area contributed by atoms with E-state index in [1.165, 1.54) is 0 Å². The van der Waals surface area contributed by atoms with Crippen molar-refractivity contribution in [2.24, 2.45) is 5.73 Å². The molecule has 0 bridgehead atoms. The van der Waals surface area contributed by atoms with Crippen LogP contribution in [-0.4, -0.2) is 15.8 Å². The van der Waals surface area contributed by atoms with Crippen molar-refractivity contribution >= 4 is 11.8 Å². The molecule has 98 valence electrons. The summed E-state index contributed by atoms with van der Waals surface area (Å²) in [5.41, 5.74) is 8.39. The van der Waals surface area contributed by atoms with Gasteiger partial charge in [0.25, 0.3) is 0 Å². The van der Waals surface area contributed by atoms with Gasteiger partial charge in [-0.15, -0.1) is 0 Å². The van der Waals surface area contributed by atoms with Crippen LogP contribution >= 0.6 is 0 Å². The van der Waals surface area contributed by atoms with Gasteiger partial charge in [0.05, 0.1) is 11.4 Å². The molecule has 0 saturated heterocycles. The molecule has 1 heterocycles. The van der Waals surface area contributed by atoms with Crippen LogP contribution in [0.5, 0.6) is 0 Å². The number of hydrogen-bond acceptors (Lipinski definition) is 2. The maximum atomic E-state index is 11.2. The lowest BCUT2D eigenvalue weighted by atomic mass is 9.97. The summed E-state index contributed by atoms with van der Waals surface area (Å²) in [5, 5.41) is 7.34. The summed E-state index contributed by atoms with van der Waals surface area (Å²) >= 11 is 0. The number of nitrogens with two attached hydrogens (primary N) is 1. The Hall–Kier alpha value is -2.30. The maximum absolute atomic E-state index is 11.2. The average Bonchev–Trinajstić information content (AvgIpc) is 2.78. The van der Waals surface area contributed by atoms with Crippen LogP contribution in [0.15, 0.2) is 30.3 Å². The van der Waals surface area contributed by atoms with E-state index in [-0.39, 0.29) is 0 Å². The van der Waals surface area contributed by atoms with Crippen molar-refractivity contribution in [1.82, 2.24) is 9.78 Å². The quantitative estimate of drug-likeness (QED) is 0.864. The molecule has 0 atom stereocenters. The van der Waals surface area contributed by atoms with Gasteiger partial charge in [-0.05, 0) is 37.8 Å². The molecule has 1 aromatic carbocycles. The molecule has 0 aliphatic heterocycles. The van der Waals surface area contributed by atoms with Gasteiger partial charge in [-0.3, -0.25) is 5.32 Å². The van der Waals surface area contributed by atoms with Crippen molar-refractivity contribution in [3.8, 4) is 5.69 Å². The highest BCUT2D eigenvalue weighted by molar-refractivity contribution is 5.88. The molecule has 0 unspecified atom stereocenters. The van der Waals surface area contributed by atoms with Gasteiger partial charge < -0.3 is 5.73 Å². The third kappa shape index (κ3) is 2.19. The van der Waals surface area contributed by atoms with Crippen LogP contribution in [0.4, 0.5) is 10.6 Å². The summed E-state index contributed by atoms with van der Waals surface area (Å²) in [6.07, 6.45) is 4.18. The molecular weight excluding hydrogens is 240 g/mol.